The first-order valence-corrected chi connectivity index (χ1v) is 16.9. The Morgan fingerprint density at radius 1 is 0.844 bits per heavy atom. The predicted molar refractivity (Wildman–Crippen MR) is 181 cm³/mol. The minimum absolute atomic E-state index is 0.00267. The molecule has 0 bridgehead atoms. The smallest absolute Gasteiger partial charge is 0.264 e. The summed E-state index contributed by atoms with van der Waals surface area (Å²) >= 11 is 12.6. The summed E-state index contributed by atoms with van der Waals surface area (Å²) in [5.41, 5.74) is 3.65. The van der Waals surface area contributed by atoms with Crippen LogP contribution in [-0.4, -0.2) is 44.3 Å². The van der Waals surface area contributed by atoms with Crippen molar-refractivity contribution in [3.63, 3.8) is 0 Å². The molecular formula is C35H37Cl2N3O4S. The average molecular weight is 667 g/mol. The zero-order valence-electron chi connectivity index (χ0n) is 25.5. The lowest BCUT2D eigenvalue weighted by Gasteiger charge is -2.34. The summed E-state index contributed by atoms with van der Waals surface area (Å²) in [6.07, 6.45) is 0.933. The van der Waals surface area contributed by atoms with Crippen LogP contribution in [0.1, 0.15) is 35.6 Å². The molecule has 0 aromatic heterocycles. The fourth-order valence-corrected chi connectivity index (χ4v) is 6.60. The molecule has 4 rings (SSSR count). The van der Waals surface area contributed by atoms with Crippen molar-refractivity contribution >= 4 is 50.7 Å². The van der Waals surface area contributed by atoms with Gasteiger partial charge in [0.1, 0.15) is 12.6 Å². The number of nitrogens with zero attached hydrogens (tertiary/aromatic N) is 2. The number of hydrogen-bond acceptors (Lipinski definition) is 4. The van der Waals surface area contributed by atoms with E-state index in [1.807, 2.05) is 57.2 Å². The van der Waals surface area contributed by atoms with Gasteiger partial charge >= 0.3 is 0 Å². The van der Waals surface area contributed by atoms with Gasteiger partial charge in [0.15, 0.2) is 0 Å². The molecule has 0 saturated carbocycles. The maximum Gasteiger partial charge on any atom is 0.264 e. The Balaban J connectivity index is 1.82. The van der Waals surface area contributed by atoms with Crippen LogP contribution in [0.4, 0.5) is 5.69 Å². The second kappa shape index (κ2) is 15.4. The number of amides is 2. The third-order valence-corrected chi connectivity index (χ3v) is 9.99. The zero-order valence-corrected chi connectivity index (χ0v) is 27.9. The Labute approximate surface area is 275 Å². The van der Waals surface area contributed by atoms with E-state index in [0.717, 1.165) is 21.0 Å². The minimum Gasteiger partial charge on any atom is -0.354 e. The van der Waals surface area contributed by atoms with Gasteiger partial charge in [-0.15, -0.1) is 0 Å². The lowest BCUT2D eigenvalue weighted by Crippen LogP contribution is -2.53. The van der Waals surface area contributed by atoms with E-state index in [1.165, 1.54) is 29.2 Å². The fraction of sp³-hybridized carbons (Fsp3) is 0.257. The van der Waals surface area contributed by atoms with E-state index in [1.54, 1.807) is 36.4 Å². The highest BCUT2D eigenvalue weighted by molar-refractivity contribution is 7.92. The summed E-state index contributed by atoms with van der Waals surface area (Å²) in [6.45, 7) is 5.63. The van der Waals surface area contributed by atoms with Crippen molar-refractivity contribution in [1.82, 2.24) is 10.2 Å². The second-order valence-electron chi connectivity index (χ2n) is 10.8. The van der Waals surface area contributed by atoms with Crippen molar-refractivity contribution in [2.75, 3.05) is 17.4 Å². The van der Waals surface area contributed by atoms with Crippen molar-refractivity contribution in [3.8, 4) is 0 Å². The van der Waals surface area contributed by atoms with Gasteiger partial charge in [0.25, 0.3) is 10.0 Å². The highest BCUT2D eigenvalue weighted by Gasteiger charge is 2.35. The molecule has 7 nitrogen and oxygen atoms in total. The number of hydrogen-bond donors (Lipinski definition) is 1. The van der Waals surface area contributed by atoms with Gasteiger partial charge in [-0.2, -0.15) is 0 Å². The molecule has 45 heavy (non-hydrogen) atoms. The standard InChI is InChI=1S/C35H37Cl2N3O4S/c1-4-20-38-35(42)33(22-27-10-6-5-7-11-27)39(23-28-12-8-9-13-32(28)37)34(41)24-40(30-17-14-25(2)26(3)21-30)45(43,44)31-18-15-29(36)16-19-31/h5-19,21,33H,4,20,22-24H2,1-3H3,(H,38,42). The number of halogens is 2. The van der Waals surface area contributed by atoms with E-state index >= 15 is 0 Å². The van der Waals surface area contributed by atoms with E-state index in [-0.39, 0.29) is 23.8 Å². The minimum atomic E-state index is -4.23. The molecule has 2 amide bonds. The molecule has 0 aliphatic heterocycles. The van der Waals surface area contributed by atoms with Crippen LogP contribution in [0.15, 0.2) is 102 Å². The molecule has 236 valence electrons. The molecule has 0 heterocycles. The number of benzene rings is 4. The number of aryl methyl sites for hydroxylation is 2. The molecule has 1 unspecified atom stereocenters. The molecule has 4 aromatic carbocycles. The Morgan fingerprint density at radius 2 is 1.51 bits per heavy atom. The topological polar surface area (TPSA) is 86.8 Å². The highest BCUT2D eigenvalue weighted by Crippen LogP contribution is 2.28. The van der Waals surface area contributed by atoms with Crippen LogP contribution in [0.3, 0.4) is 0 Å². The van der Waals surface area contributed by atoms with Gasteiger partial charge in [0.2, 0.25) is 11.8 Å². The molecule has 0 saturated heterocycles. The first-order valence-electron chi connectivity index (χ1n) is 14.7. The summed E-state index contributed by atoms with van der Waals surface area (Å²) in [4.78, 5) is 29.7. The van der Waals surface area contributed by atoms with Gasteiger partial charge in [0, 0.05) is 29.6 Å². The maximum atomic E-state index is 14.5. The third kappa shape index (κ3) is 8.66. The van der Waals surface area contributed by atoms with E-state index in [9.17, 15) is 18.0 Å². The average Bonchev–Trinajstić information content (AvgIpc) is 3.03. The van der Waals surface area contributed by atoms with Crippen molar-refractivity contribution in [1.29, 1.82) is 0 Å². The lowest BCUT2D eigenvalue weighted by molar-refractivity contribution is -0.140. The normalized spacial score (nSPS) is 11.9. The predicted octanol–water partition coefficient (Wildman–Crippen LogP) is 6.97. The van der Waals surface area contributed by atoms with Gasteiger partial charge < -0.3 is 10.2 Å². The largest absolute Gasteiger partial charge is 0.354 e. The van der Waals surface area contributed by atoms with Gasteiger partial charge in [-0.1, -0.05) is 84.7 Å². The highest BCUT2D eigenvalue weighted by atomic mass is 35.5. The number of carbonyl (C=O) groups is 2. The van der Waals surface area contributed by atoms with Gasteiger partial charge in [-0.05, 0) is 85.0 Å². The first-order chi connectivity index (χ1) is 21.5. The van der Waals surface area contributed by atoms with Crippen LogP contribution in [-0.2, 0) is 32.6 Å². The monoisotopic (exact) mass is 665 g/mol. The summed E-state index contributed by atoms with van der Waals surface area (Å²) < 4.78 is 29.4. The Bertz CT molecular complexity index is 1730. The molecule has 0 fully saturated rings. The van der Waals surface area contributed by atoms with E-state index < -0.39 is 28.5 Å². The van der Waals surface area contributed by atoms with Crippen LogP contribution in [0.25, 0.3) is 0 Å². The molecule has 0 spiro atoms. The molecule has 4 aromatic rings. The van der Waals surface area contributed by atoms with E-state index in [2.05, 4.69) is 5.32 Å². The summed E-state index contributed by atoms with van der Waals surface area (Å²) in [5.74, 6) is -0.891. The van der Waals surface area contributed by atoms with Crippen LogP contribution in [0, 0.1) is 13.8 Å². The Hall–Kier alpha value is -3.85. The number of nitrogens with one attached hydrogen (secondary N) is 1. The Morgan fingerprint density at radius 3 is 2.16 bits per heavy atom. The van der Waals surface area contributed by atoms with E-state index in [0.29, 0.717) is 34.3 Å². The molecule has 10 heteroatoms. The number of carbonyl (C=O) groups excluding carboxylic acids is 2. The fourth-order valence-electron chi connectivity index (χ4n) is 4.87. The van der Waals surface area contributed by atoms with Gasteiger partial charge in [-0.3, -0.25) is 13.9 Å². The van der Waals surface area contributed by atoms with Crippen LogP contribution >= 0.6 is 23.2 Å². The summed E-state index contributed by atoms with van der Waals surface area (Å²) in [7, 11) is -4.23. The van der Waals surface area contributed by atoms with Crippen LogP contribution < -0.4 is 9.62 Å². The third-order valence-electron chi connectivity index (χ3n) is 7.58. The SMILES string of the molecule is CCCNC(=O)C(Cc1ccccc1)N(Cc1ccccc1Cl)C(=O)CN(c1ccc(C)c(C)c1)S(=O)(=O)c1ccc(Cl)cc1. The molecule has 0 aliphatic carbocycles. The first kappa shape index (κ1) is 34.0. The van der Waals surface area contributed by atoms with Crippen LogP contribution in [0.2, 0.25) is 10.0 Å². The zero-order chi connectivity index (χ0) is 32.6. The van der Waals surface area contributed by atoms with Gasteiger partial charge in [-0.25, -0.2) is 8.42 Å². The van der Waals surface area contributed by atoms with Crippen molar-refractivity contribution in [3.05, 3.63) is 129 Å². The molecule has 0 radical (unpaired) electrons. The van der Waals surface area contributed by atoms with Crippen LogP contribution in [0.5, 0.6) is 0 Å². The van der Waals surface area contributed by atoms with Crippen molar-refractivity contribution < 1.29 is 18.0 Å². The molecular weight excluding hydrogens is 629 g/mol. The number of anilines is 1. The second-order valence-corrected chi connectivity index (χ2v) is 13.5. The molecule has 1 N–H and O–H groups in total. The van der Waals surface area contributed by atoms with Crippen molar-refractivity contribution in [2.24, 2.45) is 0 Å². The number of rotatable bonds is 13. The van der Waals surface area contributed by atoms with Crippen molar-refractivity contribution in [2.45, 2.75) is 51.1 Å². The lowest BCUT2D eigenvalue weighted by atomic mass is 10.0. The quantitative estimate of drug-likeness (QED) is 0.167. The van der Waals surface area contributed by atoms with E-state index in [4.69, 9.17) is 23.2 Å². The van der Waals surface area contributed by atoms with Gasteiger partial charge in [0.05, 0.1) is 10.6 Å². The molecule has 0 aliphatic rings. The molecule has 1 atom stereocenters. The maximum absolute atomic E-state index is 14.5. The Kier molecular flexibility index (Phi) is 11.7. The summed E-state index contributed by atoms with van der Waals surface area (Å²) in [5, 5.41) is 3.76. The number of sulfonamides is 1. The summed E-state index contributed by atoms with van der Waals surface area (Å²) in [6, 6.07) is 26.6.